The quantitative estimate of drug-likeness (QED) is 0.765. The molecule has 0 saturated heterocycles. The van der Waals surface area contributed by atoms with E-state index in [4.69, 9.17) is 9.68 Å². The highest BCUT2D eigenvalue weighted by molar-refractivity contribution is 7.99. The van der Waals surface area contributed by atoms with Crippen molar-refractivity contribution >= 4 is 11.8 Å². The molecule has 0 aliphatic rings. The zero-order chi connectivity index (χ0) is 11.4. The lowest BCUT2D eigenvalue weighted by atomic mass is 10.2. The lowest BCUT2D eigenvalue weighted by Gasteiger charge is -1.94. The molecule has 0 spiro atoms. The third-order valence-corrected chi connectivity index (χ3v) is 2.46. The Morgan fingerprint density at radius 3 is 2.94 bits per heavy atom. The van der Waals surface area contributed by atoms with Crippen LogP contribution in [-0.4, -0.2) is 16.0 Å². The predicted octanol–water partition coefficient (Wildman–Crippen LogP) is 2.49. The number of nitrogens with zero attached hydrogens (tertiary/aromatic N) is 3. The summed E-state index contributed by atoms with van der Waals surface area (Å²) in [6, 6.07) is 8.08. The van der Waals surface area contributed by atoms with Gasteiger partial charge in [0.1, 0.15) is 5.82 Å². The van der Waals surface area contributed by atoms with Crippen LogP contribution in [0.25, 0.3) is 11.5 Å². The molecule has 1 aromatic heterocycles. The Kier molecular flexibility index (Phi) is 3.17. The van der Waals surface area contributed by atoms with Crippen molar-refractivity contribution in [2.24, 2.45) is 0 Å². The summed E-state index contributed by atoms with van der Waals surface area (Å²) in [5.74, 6) is -0.0691. The summed E-state index contributed by atoms with van der Waals surface area (Å²) in [6.07, 6.45) is 0. The minimum atomic E-state index is -0.414. The molecule has 1 aromatic carbocycles. The average Bonchev–Trinajstić information content (AvgIpc) is 2.75. The third kappa shape index (κ3) is 2.20. The summed E-state index contributed by atoms with van der Waals surface area (Å²) in [5, 5.41) is 16.1. The minimum absolute atomic E-state index is 0.124. The maximum atomic E-state index is 13.3. The molecule has 0 amide bonds. The number of thioether (sulfide) groups is 1. The van der Waals surface area contributed by atoms with Gasteiger partial charge in [-0.25, -0.2) is 4.39 Å². The number of rotatable bonds is 3. The Morgan fingerprint density at radius 1 is 1.38 bits per heavy atom. The molecule has 2 aromatic rings. The summed E-state index contributed by atoms with van der Waals surface area (Å²) in [6.45, 7) is 0. The molecule has 0 N–H and O–H groups in total. The van der Waals surface area contributed by atoms with Crippen LogP contribution in [0.1, 0.15) is 0 Å². The molecule has 2 rings (SSSR count). The second-order valence-electron chi connectivity index (χ2n) is 2.80. The van der Waals surface area contributed by atoms with E-state index in [1.165, 1.54) is 6.07 Å². The first-order chi connectivity index (χ1) is 7.81. The van der Waals surface area contributed by atoms with Crippen molar-refractivity contribution in [1.82, 2.24) is 10.2 Å². The van der Waals surface area contributed by atoms with Crippen molar-refractivity contribution in [3.05, 3.63) is 30.1 Å². The largest absolute Gasteiger partial charge is 0.411 e. The second kappa shape index (κ2) is 4.77. The Labute approximate surface area is 95.1 Å². The SMILES string of the molecule is N#CCSc1nnc(-c2ccccc2F)o1. The number of hydrogen-bond acceptors (Lipinski definition) is 5. The number of benzene rings is 1. The number of halogens is 1. The Balaban J connectivity index is 2.26. The first-order valence-corrected chi connectivity index (χ1v) is 5.38. The van der Waals surface area contributed by atoms with Gasteiger partial charge < -0.3 is 4.42 Å². The van der Waals surface area contributed by atoms with Gasteiger partial charge in [0.2, 0.25) is 0 Å². The van der Waals surface area contributed by atoms with E-state index >= 15 is 0 Å². The van der Waals surface area contributed by atoms with E-state index in [9.17, 15) is 4.39 Å². The highest BCUT2D eigenvalue weighted by Gasteiger charge is 2.12. The van der Waals surface area contributed by atoms with Crippen LogP contribution in [0.3, 0.4) is 0 Å². The molecular formula is C10H6FN3OS. The highest BCUT2D eigenvalue weighted by Crippen LogP contribution is 2.24. The molecule has 0 aliphatic carbocycles. The number of nitriles is 1. The second-order valence-corrected chi connectivity index (χ2v) is 3.73. The topological polar surface area (TPSA) is 62.7 Å². The Morgan fingerprint density at radius 2 is 2.19 bits per heavy atom. The van der Waals surface area contributed by atoms with Gasteiger partial charge in [0, 0.05) is 0 Å². The Bertz CT molecular complexity index is 535. The molecule has 0 aliphatic heterocycles. The molecule has 0 saturated carbocycles. The van der Waals surface area contributed by atoms with Crippen molar-refractivity contribution < 1.29 is 8.81 Å². The fourth-order valence-electron chi connectivity index (χ4n) is 1.11. The predicted molar refractivity (Wildman–Crippen MR) is 56.0 cm³/mol. The maximum absolute atomic E-state index is 13.3. The first kappa shape index (κ1) is 10.6. The molecule has 0 radical (unpaired) electrons. The lowest BCUT2D eigenvalue weighted by molar-refractivity contribution is 0.463. The Hall–Kier alpha value is -1.87. The molecule has 1 heterocycles. The van der Waals surface area contributed by atoms with Gasteiger partial charge in [-0.1, -0.05) is 23.9 Å². The van der Waals surface area contributed by atoms with Crippen molar-refractivity contribution in [3.63, 3.8) is 0 Å². The van der Waals surface area contributed by atoms with E-state index in [0.717, 1.165) is 11.8 Å². The molecule has 16 heavy (non-hydrogen) atoms. The molecule has 0 bridgehead atoms. The lowest BCUT2D eigenvalue weighted by Crippen LogP contribution is -1.82. The molecule has 0 unspecified atom stereocenters. The zero-order valence-electron chi connectivity index (χ0n) is 8.05. The van der Waals surface area contributed by atoms with Gasteiger partial charge in [-0.2, -0.15) is 5.26 Å². The van der Waals surface area contributed by atoms with Gasteiger partial charge >= 0.3 is 0 Å². The van der Waals surface area contributed by atoms with Crippen LogP contribution in [0.4, 0.5) is 4.39 Å². The molecule has 80 valence electrons. The zero-order valence-corrected chi connectivity index (χ0v) is 8.87. The maximum Gasteiger partial charge on any atom is 0.277 e. The van der Waals surface area contributed by atoms with Gasteiger partial charge in [-0.3, -0.25) is 0 Å². The van der Waals surface area contributed by atoms with Crippen molar-refractivity contribution in [2.45, 2.75) is 5.22 Å². The van der Waals surface area contributed by atoms with Gasteiger partial charge in [0.15, 0.2) is 0 Å². The van der Waals surface area contributed by atoms with Gasteiger partial charge in [0.05, 0.1) is 17.4 Å². The van der Waals surface area contributed by atoms with Crippen LogP contribution in [0, 0.1) is 17.1 Å². The molecule has 4 nitrogen and oxygen atoms in total. The smallest absolute Gasteiger partial charge is 0.277 e. The van der Waals surface area contributed by atoms with Gasteiger partial charge in [0.25, 0.3) is 11.1 Å². The molecular weight excluding hydrogens is 229 g/mol. The van der Waals surface area contributed by atoms with Crippen LogP contribution < -0.4 is 0 Å². The fourth-order valence-corrected chi connectivity index (χ4v) is 1.53. The van der Waals surface area contributed by atoms with Crippen LogP contribution >= 0.6 is 11.8 Å². The van der Waals surface area contributed by atoms with Crippen LogP contribution in [0.2, 0.25) is 0 Å². The van der Waals surface area contributed by atoms with Crippen LogP contribution in [0.15, 0.2) is 33.9 Å². The third-order valence-electron chi connectivity index (χ3n) is 1.77. The summed E-state index contributed by atoms with van der Waals surface area (Å²) in [5.41, 5.74) is 0.263. The van der Waals surface area contributed by atoms with Gasteiger partial charge in [-0.05, 0) is 12.1 Å². The van der Waals surface area contributed by atoms with Crippen LogP contribution in [-0.2, 0) is 0 Å². The van der Waals surface area contributed by atoms with Crippen LogP contribution in [0.5, 0.6) is 0 Å². The monoisotopic (exact) mass is 235 g/mol. The van der Waals surface area contributed by atoms with Crippen molar-refractivity contribution in [2.75, 3.05) is 5.75 Å². The summed E-state index contributed by atoms with van der Waals surface area (Å²) < 4.78 is 18.6. The van der Waals surface area contributed by atoms with E-state index in [2.05, 4.69) is 10.2 Å². The van der Waals surface area contributed by atoms with E-state index in [-0.39, 0.29) is 22.4 Å². The van der Waals surface area contributed by atoms with Gasteiger partial charge in [-0.15, -0.1) is 10.2 Å². The number of aromatic nitrogens is 2. The van der Waals surface area contributed by atoms with E-state index in [1.807, 2.05) is 6.07 Å². The van der Waals surface area contributed by atoms with Crippen molar-refractivity contribution in [1.29, 1.82) is 5.26 Å². The highest BCUT2D eigenvalue weighted by atomic mass is 32.2. The summed E-state index contributed by atoms with van der Waals surface area (Å²) in [7, 11) is 0. The van der Waals surface area contributed by atoms with E-state index in [0.29, 0.717) is 0 Å². The fraction of sp³-hybridized carbons (Fsp3) is 0.100. The summed E-state index contributed by atoms with van der Waals surface area (Å²) in [4.78, 5) is 0. The molecule has 0 fully saturated rings. The number of hydrogen-bond donors (Lipinski definition) is 0. The molecule has 6 heteroatoms. The average molecular weight is 235 g/mol. The molecule has 0 atom stereocenters. The van der Waals surface area contributed by atoms with Crippen molar-refractivity contribution in [3.8, 4) is 17.5 Å². The van der Waals surface area contributed by atoms with E-state index in [1.54, 1.807) is 18.2 Å². The van der Waals surface area contributed by atoms with E-state index < -0.39 is 5.82 Å². The minimum Gasteiger partial charge on any atom is -0.411 e. The summed E-state index contributed by atoms with van der Waals surface area (Å²) >= 11 is 1.12. The standard InChI is InChI=1S/C10H6FN3OS/c11-8-4-2-1-3-7(8)9-13-14-10(15-9)16-6-5-12/h1-4H,6H2. The normalized spacial score (nSPS) is 10.0. The first-order valence-electron chi connectivity index (χ1n) is 4.39.